The van der Waals surface area contributed by atoms with Crippen LogP contribution in [-0.4, -0.2) is 35.7 Å². The summed E-state index contributed by atoms with van der Waals surface area (Å²) in [6, 6.07) is -0.833. The van der Waals surface area contributed by atoms with E-state index < -0.39 is 12.3 Å². The van der Waals surface area contributed by atoms with Gasteiger partial charge in [0.25, 0.3) is 0 Å². The molecule has 0 rings (SSSR count). The normalized spacial score (nSPS) is 11.2. The molecule has 0 aromatic heterocycles. The van der Waals surface area contributed by atoms with Crippen LogP contribution >= 0.6 is 0 Å². The van der Waals surface area contributed by atoms with Gasteiger partial charge in [0, 0.05) is 0 Å². The molecule has 68 valence electrons. The number of carbonyl (C=O) groups is 1. The first-order valence-electron chi connectivity index (χ1n) is 2.96. The fourth-order valence-electron chi connectivity index (χ4n) is 0.223. The predicted octanol–water partition coefficient (Wildman–Crippen LogP) is -1.64. The highest BCUT2D eigenvalue weighted by molar-refractivity contribution is 5.69. The molecule has 0 bridgehead atoms. The molecule has 0 aliphatic rings. The Morgan fingerprint density at radius 1 is 1.64 bits per heavy atom. The van der Waals surface area contributed by atoms with Crippen LogP contribution in [0.25, 0.3) is 0 Å². The lowest BCUT2D eigenvalue weighted by atomic mass is 10.7. The lowest BCUT2D eigenvalue weighted by Crippen LogP contribution is -2.18. The van der Waals surface area contributed by atoms with Crippen LogP contribution in [0.1, 0.15) is 6.92 Å². The Morgan fingerprint density at radius 3 is 2.09 bits per heavy atom. The first-order valence-corrected chi connectivity index (χ1v) is 2.96. The number of aliphatic hydroxyl groups excluding tert-OH is 2. The number of nitrogens with two attached hydrogens (primary N) is 2. The molecule has 6 heteroatoms. The molecule has 6 N–H and O–H groups in total. The summed E-state index contributed by atoms with van der Waals surface area (Å²) in [4.78, 5) is 9.00. The lowest BCUT2D eigenvalue weighted by Gasteiger charge is -2.01. The van der Waals surface area contributed by atoms with Crippen molar-refractivity contribution in [1.29, 1.82) is 0 Å². The first kappa shape index (κ1) is 12.8. The fourth-order valence-corrected chi connectivity index (χ4v) is 0.223. The zero-order valence-electron chi connectivity index (χ0n) is 6.36. The lowest BCUT2D eigenvalue weighted by molar-refractivity contribution is -0.0932. The molecular formula is C5H14N2O4. The zero-order chi connectivity index (χ0) is 9.28. The van der Waals surface area contributed by atoms with Gasteiger partial charge in [0.05, 0.1) is 13.2 Å². The summed E-state index contributed by atoms with van der Waals surface area (Å²) in [7, 11) is 0. The Labute approximate surface area is 64.7 Å². The third-order valence-electron chi connectivity index (χ3n) is 0.450. The van der Waals surface area contributed by atoms with E-state index in [-0.39, 0.29) is 13.2 Å². The van der Waals surface area contributed by atoms with Crippen LogP contribution in [-0.2, 0) is 4.74 Å². The summed E-state index contributed by atoms with van der Waals surface area (Å²) in [6.07, 6.45) is -0.757. The molecule has 6 nitrogen and oxygen atoms in total. The van der Waals surface area contributed by atoms with E-state index >= 15 is 0 Å². The van der Waals surface area contributed by atoms with E-state index in [1.165, 1.54) is 6.92 Å². The van der Waals surface area contributed by atoms with Gasteiger partial charge in [-0.3, -0.25) is 0 Å². The molecule has 0 aromatic carbocycles. The summed E-state index contributed by atoms with van der Waals surface area (Å²) in [6.45, 7) is 1.66. The molecule has 11 heavy (non-hydrogen) atoms. The third kappa shape index (κ3) is 47.1. The maximum Gasteiger partial charge on any atom is 0.309 e. The molecule has 0 heterocycles. The monoisotopic (exact) mass is 166 g/mol. The second-order valence-electron chi connectivity index (χ2n) is 1.60. The Kier molecular flexibility index (Phi) is 10.6. The molecule has 0 aromatic rings. The average Bonchev–Trinajstić information content (AvgIpc) is 1.82. The van der Waals surface area contributed by atoms with Gasteiger partial charge >= 0.3 is 6.03 Å². The molecule has 2 amide bonds. The van der Waals surface area contributed by atoms with Crippen LogP contribution < -0.4 is 11.5 Å². The van der Waals surface area contributed by atoms with E-state index in [0.717, 1.165) is 0 Å². The molecule has 0 aliphatic heterocycles. The molecular weight excluding hydrogens is 152 g/mol. The Morgan fingerprint density at radius 2 is 2.00 bits per heavy atom. The summed E-state index contributed by atoms with van der Waals surface area (Å²) < 4.78 is 4.50. The van der Waals surface area contributed by atoms with E-state index in [9.17, 15) is 0 Å². The van der Waals surface area contributed by atoms with E-state index in [1.807, 2.05) is 0 Å². The summed E-state index contributed by atoms with van der Waals surface area (Å²) >= 11 is 0. The molecule has 0 aliphatic carbocycles. The Hall–Kier alpha value is -0.850. The number of amides is 2. The smallest absolute Gasteiger partial charge is 0.309 e. The van der Waals surface area contributed by atoms with Crippen LogP contribution in [0.4, 0.5) is 4.79 Å². The quantitative estimate of drug-likeness (QED) is 0.376. The van der Waals surface area contributed by atoms with Crippen molar-refractivity contribution in [1.82, 2.24) is 0 Å². The summed E-state index contributed by atoms with van der Waals surface area (Å²) in [5.74, 6) is 0. The van der Waals surface area contributed by atoms with Gasteiger partial charge in [0.1, 0.15) is 0 Å². The SMILES string of the molecule is CC(O)OCCO.NC(N)=O. The Bertz CT molecular complexity index is 92.5. The largest absolute Gasteiger partial charge is 0.394 e. The number of urea groups is 1. The zero-order valence-corrected chi connectivity index (χ0v) is 6.36. The Balaban J connectivity index is 0. The number of aliphatic hydroxyl groups is 2. The molecule has 0 saturated heterocycles. The van der Waals surface area contributed by atoms with Crippen molar-refractivity contribution in [3.05, 3.63) is 0 Å². The number of carbonyl (C=O) groups excluding carboxylic acids is 1. The van der Waals surface area contributed by atoms with E-state index in [1.54, 1.807) is 0 Å². The predicted molar refractivity (Wildman–Crippen MR) is 38.5 cm³/mol. The molecule has 0 spiro atoms. The maximum atomic E-state index is 9.00. The second-order valence-corrected chi connectivity index (χ2v) is 1.60. The van der Waals surface area contributed by atoms with E-state index in [2.05, 4.69) is 16.2 Å². The number of primary amides is 2. The minimum absolute atomic E-state index is 0.0368. The van der Waals surface area contributed by atoms with Gasteiger partial charge in [-0.1, -0.05) is 0 Å². The maximum absolute atomic E-state index is 9.00. The van der Waals surface area contributed by atoms with Gasteiger partial charge in [-0.15, -0.1) is 0 Å². The van der Waals surface area contributed by atoms with Crippen molar-refractivity contribution in [2.24, 2.45) is 11.5 Å². The third-order valence-corrected chi connectivity index (χ3v) is 0.450. The van der Waals surface area contributed by atoms with Crippen LogP contribution in [0.5, 0.6) is 0 Å². The van der Waals surface area contributed by atoms with Crippen molar-refractivity contribution in [3.63, 3.8) is 0 Å². The highest BCUT2D eigenvalue weighted by Crippen LogP contribution is 1.79. The van der Waals surface area contributed by atoms with Crippen molar-refractivity contribution in [2.75, 3.05) is 13.2 Å². The van der Waals surface area contributed by atoms with Gasteiger partial charge in [0.2, 0.25) is 0 Å². The van der Waals surface area contributed by atoms with E-state index in [4.69, 9.17) is 15.0 Å². The molecule has 1 unspecified atom stereocenters. The van der Waals surface area contributed by atoms with E-state index in [0.29, 0.717) is 0 Å². The number of hydrogen-bond donors (Lipinski definition) is 4. The minimum atomic E-state index is -0.833. The molecule has 0 saturated carbocycles. The summed E-state index contributed by atoms with van der Waals surface area (Å²) in [5, 5.41) is 16.4. The van der Waals surface area contributed by atoms with Gasteiger partial charge in [0.15, 0.2) is 6.29 Å². The molecule has 1 atom stereocenters. The number of rotatable bonds is 3. The number of ether oxygens (including phenoxy) is 1. The van der Waals surface area contributed by atoms with Crippen LogP contribution in [0.2, 0.25) is 0 Å². The van der Waals surface area contributed by atoms with Crippen LogP contribution in [0, 0.1) is 0 Å². The van der Waals surface area contributed by atoms with Gasteiger partial charge < -0.3 is 26.4 Å². The van der Waals surface area contributed by atoms with Gasteiger partial charge in [-0.05, 0) is 6.92 Å². The standard InChI is InChI=1S/C4H10O3.CH4N2O/c1-4(6)7-3-2-5;2-1(3)4/h4-6H,2-3H2,1H3;(H4,2,3,4). The topological polar surface area (TPSA) is 119 Å². The van der Waals surface area contributed by atoms with Crippen LogP contribution in [0.15, 0.2) is 0 Å². The van der Waals surface area contributed by atoms with Crippen molar-refractivity contribution in [3.8, 4) is 0 Å². The highest BCUT2D eigenvalue weighted by Gasteiger charge is 1.89. The molecule has 0 radical (unpaired) electrons. The van der Waals surface area contributed by atoms with Crippen molar-refractivity contribution < 1.29 is 19.7 Å². The average molecular weight is 166 g/mol. The minimum Gasteiger partial charge on any atom is -0.394 e. The second kappa shape index (κ2) is 9.15. The fraction of sp³-hybridized carbons (Fsp3) is 0.800. The molecule has 0 fully saturated rings. The van der Waals surface area contributed by atoms with Crippen molar-refractivity contribution in [2.45, 2.75) is 13.2 Å². The number of hydrogen-bond acceptors (Lipinski definition) is 4. The highest BCUT2D eigenvalue weighted by atomic mass is 16.6. The first-order chi connectivity index (χ1) is 5.00. The van der Waals surface area contributed by atoms with Crippen molar-refractivity contribution >= 4 is 6.03 Å². The van der Waals surface area contributed by atoms with Gasteiger partial charge in [-0.25, -0.2) is 4.79 Å². The van der Waals surface area contributed by atoms with Crippen LogP contribution in [0.3, 0.4) is 0 Å². The summed E-state index contributed by atoms with van der Waals surface area (Å²) in [5.41, 5.74) is 8.50. The van der Waals surface area contributed by atoms with Gasteiger partial charge in [-0.2, -0.15) is 0 Å².